The molecule has 0 saturated heterocycles. The fraction of sp³-hybridized carbons (Fsp3) is 0.300. The number of carbonyl (C=O) groups is 2. The molecule has 0 bridgehead atoms. The summed E-state index contributed by atoms with van der Waals surface area (Å²) in [5, 5.41) is 0.913. The Morgan fingerprint density at radius 1 is 1.08 bits per heavy atom. The first-order valence-electron chi connectivity index (χ1n) is 8.08. The van der Waals surface area contributed by atoms with E-state index in [0.29, 0.717) is 5.56 Å². The van der Waals surface area contributed by atoms with Crippen LogP contribution in [0.4, 0.5) is 0 Å². The lowest BCUT2D eigenvalue weighted by molar-refractivity contribution is -0.141. The Morgan fingerprint density at radius 2 is 1.80 bits per heavy atom. The van der Waals surface area contributed by atoms with E-state index in [2.05, 4.69) is 0 Å². The molecule has 4 nitrogen and oxygen atoms in total. The largest absolute Gasteiger partial charge is 0.464 e. The highest BCUT2D eigenvalue weighted by Gasteiger charge is 2.16. The van der Waals surface area contributed by atoms with Crippen molar-refractivity contribution in [3.05, 3.63) is 56.5 Å². The molecule has 0 fully saturated rings. The van der Waals surface area contributed by atoms with E-state index in [0.717, 1.165) is 37.4 Å². The van der Waals surface area contributed by atoms with Crippen molar-refractivity contribution in [2.24, 2.45) is 0 Å². The van der Waals surface area contributed by atoms with Crippen LogP contribution in [0.3, 0.4) is 0 Å². The van der Waals surface area contributed by atoms with Gasteiger partial charge in [-0.1, -0.05) is 0 Å². The molecule has 0 atom stereocenters. The van der Waals surface area contributed by atoms with Gasteiger partial charge >= 0.3 is 5.97 Å². The average Bonchev–Trinajstić information content (AvgIpc) is 3.09. The molecule has 5 heteroatoms. The van der Waals surface area contributed by atoms with Crippen molar-refractivity contribution in [2.75, 3.05) is 6.61 Å². The Hall–Kier alpha value is -2.40. The second kappa shape index (κ2) is 6.84. The standard InChI is InChI=1S/C20H20O4S/c1-11-5-17-15(9-23-19(17)6-12(11)2)8-20(22)24-10-18(21)16-7-13(3)25-14(16)4/h5-7,9H,8,10H2,1-4H3. The minimum Gasteiger partial charge on any atom is -0.464 e. The second-order valence-electron chi connectivity index (χ2n) is 6.28. The van der Waals surface area contributed by atoms with E-state index in [-0.39, 0.29) is 18.8 Å². The summed E-state index contributed by atoms with van der Waals surface area (Å²) in [6.07, 6.45) is 1.67. The molecule has 0 aliphatic carbocycles. The van der Waals surface area contributed by atoms with Crippen LogP contribution in [0, 0.1) is 27.7 Å². The van der Waals surface area contributed by atoms with Crippen molar-refractivity contribution in [3.63, 3.8) is 0 Å². The fourth-order valence-electron chi connectivity index (χ4n) is 2.81. The highest BCUT2D eigenvalue weighted by Crippen LogP contribution is 2.25. The molecule has 0 spiro atoms. The molecule has 3 aromatic rings. The molecular weight excluding hydrogens is 336 g/mol. The van der Waals surface area contributed by atoms with Crippen LogP contribution in [0.15, 0.2) is 28.9 Å². The van der Waals surface area contributed by atoms with E-state index in [1.807, 2.05) is 45.9 Å². The molecule has 0 aliphatic heterocycles. The van der Waals surface area contributed by atoms with Gasteiger partial charge in [0, 0.05) is 26.3 Å². The number of aryl methyl sites for hydroxylation is 4. The smallest absolute Gasteiger partial charge is 0.310 e. The van der Waals surface area contributed by atoms with Gasteiger partial charge in [-0.2, -0.15) is 0 Å². The van der Waals surface area contributed by atoms with Gasteiger partial charge in [-0.3, -0.25) is 9.59 Å². The Bertz CT molecular complexity index is 962. The lowest BCUT2D eigenvalue weighted by Crippen LogP contribution is -2.15. The highest BCUT2D eigenvalue weighted by molar-refractivity contribution is 7.12. The molecule has 0 N–H and O–H groups in total. The average molecular weight is 356 g/mol. The van der Waals surface area contributed by atoms with Gasteiger partial charge < -0.3 is 9.15 Å². The third-order valence-corrected chi connectivity index (χ3v) is 5.28. The molecular formula is C20H20O4S. The number of hydrogen-bond acceptors (Lipinski definition) is 5. The summed E-state index contributed by atoms with van der Waals surface area (Å²) in [6, 6.07) is 5.81. The molecule has 0 aliphatic rings. The molecule has 25 heavy (non-hydrogen) atoms. The SMILES string of the molecule is Cc1cc(C(=O)COC(=O)Cc2coc3cc(C)c(C)cc23)c(C)s1. The van der Waals surface area contributed by atoms with Gasteiger partial charge in [-0.15, -0.1) is 11.3 Å². The van der Waals surface area contributed by atoms with Crippen molar-refractivity contribution in [1.82, 2.24) is 0 Å². The van der Waals surface area contributed by atoms with E-state index in [1.165, 1.54) is 0 Å². The highest BCUT2D eigenvalue weighted by atomic mass is 32.1. The zero-order valence-corrected chi connectivity index (χ0v) is 15.6. The molecule has 0 saturated carbocycles. The van der Waals surface area contributed by atoms with Gasteiger partial charge in [0.2, 0.25) is 5.78 Å². The number of ketones is 1. The van der Waals surface area contributed by atoms with E-state index in [9.17, 15) is 9.59 Å². The number of ether oxygens (including phenoxy) is 1. The molecule has 0 amide bonds. The zero-order valence-electron chi connectivity index (χ0n) is 14.8. The summed E-state index contributed by atoms with van der Waals surface area (Å²) in [5.41, 5.74) is 4.45. The van der Waals surface area contributed by atoms with Crippen LogP contribution >= 0.6 is 11.3 Å². The molecule has 2 aromatic heterocycles. The van der Waals surface area contributed by atoms with Crippen molar-refractivity contribution in [2.45, 2.75) is 34.1 Å². The normalized spacial score (nSPS) is 11.0. The Balaban J connectivity index is 1.66. The zero-order chi connectivity index (χ0) is 18.1. The minimum absolute atomic E-state index is 0.0877. The van der Waals surface area contributed by atoms with Gasteiger partial charge in [0.1, 0.15) is 5.58 Å². The number of Topliss-reactive ketones (excluding diaryl/α,β-unsaturated/α-hetero) is 1. The van der Waals surface area contributed by atoms with Gasteiger partial charge in [0.15, 0.2) is 6.61 Å². The van der Waals surface area contributed by atoms with E-state index < -0.39 is 5.97 Å². The van der Waals surface area contributed by atoms with Crippen molar-refractivity contribution >= 4 is 34.1 Å². The van der Waals surface area contributed by atoms with Crippen LogP contribution in [0.25, 0.3) is 11.0 Å². The third kappa shape index (κ3) is 3.66. The molecule has 3 rings (SSSR count). The van der Waals surface area contributed by atoms with Gasteiger partial charge in [0.05, 0.1) is 12.7 Å². The first-order valence-corrected chi connectivity index (χ1v) is 8.90. The number of thiophene rings is 1. The summed E-state index contributed by atoms with van der Waals surface area (Å²) in [5.74, 6) is -0.599. The van der Waals surface area contributed by atoms with Crippen LogP contribution < -0.4 is 0 Å². The summed E-state index contributed by atoms with van der Waals surface area (Å²) < 4.78 is 10.7. The topological polar surface area (TPSA) is 56.5 Å². The maximum atomic E-state index is 12.2. The summed E-state index contributed by atoms with van der Waals surface area (Å²) in [6.45, 7) is 7.66. The summed E-state index contributed by atoms with van der Waals surface area (Å²) in [4.78, 5) is 26.3. The van der Waals surface area contributed by atoms with Gasteiger partial charge in [-0.25, -0.2) is 0 Å². The maximum absolute atomic E-state index is 12.2. The van der Waals surface area contributed by atoms with E-state index in [4.69, 9.17) is 9.15 Å². The molecule has 2 heterocycles. The van der Waals surface area contributed by atoms with Crippen LogP contribution in [0.5, 0.6) is 0 Å². The van der Waals surface area contributed by atoms with Gasteiger partial charge in [-0.05, 0) is 57.0 Å². The predicted octanol–water partition coefficient (Wildman–Crippen LogP) is 4.70. The maximum Gasteiger partial charge on any atom is 0.310 e. The van der Waals surface area contributed by atoms with Gasteiger partial charge in [0.25, 0.3) is 0 Å². The Labute approximate surface area is 150 Å². The number of hydrogen-bond donors (Lipinski definition) is 0. The number of esters is 1. The third-order valence-electron chi connectivity index (χ3n) is 4.31. The lowest BCUT2D eigenvalue weighted by atomic mass is 10.0. The number of benzene rings is 1. The van der Waals surface area contributed by atoms with Crippen LogP contribution in [0.2, 0.25) is 0 Å². The van der Waals surface area contributed by atoms with Crippen LogP contribution in [-0.4, -0.2) is 18.4 Å². The lowest BCUT2D eigenvalue weighted by Gasteiger charge is -2.04. The first-order chi connectivity index (χ1) is 11.8. The van der Waals surface area contributed by atoms with E-state index >= 15 is 0 Å². The molecule has 1 aromatic carbocycles. The van der Waals surface area contributed by atoms with Crippen LogP contribution in [0.1, 0.15) is 36.8 Å². The molecule has 130 valence electrons. The minimum atomic E-state index is -0.432. The first kappa shape index (κ1) is 17.4. The number of carbonyl (C=O) groups excluding carboxylic acids is 2. The fourth-order valence-corrected chi connectivity index (χ4v) is 3.75. The number of furan rings is 1. The summed E-state index contributed by atoms with van der Waals surface area (Å²) in [7, 11) is 0. The Kier molecular flexibility index (Phi) is 4.77. The van der Waals surface area contributed by atoms with E-state index in [1.54, 1.807) is 17.6 Å². The molecule has 0 radical (unpaired) electrons. The molecule has 0 unspecified atom stereocenters. The van der Waals surface area contributed by atoms with Crippen molar-refractivity contribution in [1.29, 1.82) is 0 Å². The van der Waals surface area contributed by atoms with Crippen LogP contribution in [-0.2, 0) is 16.0 Å². The predicted molar refractivity (Wildman–Crippen MR) is 98.5 cm³/mol. The Morgan fingerprint density at radius 3 is 2.48 bits per heavy atom. The monoisotopic (exact) mass is 356 g/mol. The summed E-state index contributed by atoms with van der Waals surface area (Å²) >= 11 is 1.57. The quantitative estimate of drug-likeness (QED) is 0.491. The second-order valence-corrected chi connectivity index (χ2v) is 7.74. The van der Waals surface area contributed by atoms with Crippen molar-refractivity contribution in [3.8, 4) is 0 Å². The number of fused-ring (bicyclic) bond motifs is 1. The number of rotatable bonds is 5. The van der Waals surface area contributed by atoms with Crippen molar-refractivity contribution < 1.29 is 18.7 Å².